The molecule has 0 radical (unpaired) electrons. The summed E-state index contributed by atoms with van der Waals surface area (Å²) in [5.41, 5.74) is 0.249. The third kappa shape index (κ3) is 3.54. The van der Waals surface area contributed by atoms with Crippen LogP contribution < -0.4 is 5.32 Å². The van der Waals surface area contributed by atoms with Crippen LogP contribution in [0.4, 0.5) is 0 Å². The van der Waals surface area contributed by atoms with E-state index in [1.165, 1.54) is 0 Å². The Morgan fingerprint density at radius 3 is 2.31 bits per heavy atom. The van der Waals surface area contributed by atoms with Gasteiger partial charge in [-0.3, -0.25) is 10.3 Å². The highest BCUT2D eigenvalue weighted by Crippen LogP contribution is 2.22. The molecule has 0 amide bonds. The lowest BCUT2D eigenvalue weighted by Gasteiger charge is -2.36. The van der Waals surface area contributed by atoms with E-state index >= 15 is 0 Å². The zero-order chi connectivity index (χ0) is 12.4. The summed E-state index contributed by atoms with van der Waals surface area (Å²) >= 11 is 3.35. The van der Waals surface area contributed by atoms with Gasteiger partial charge < -0.3 is 5.11 Å². The van der Waals surface area contributed by atoms with E-state index in [4.69, 9.17) is 0 Å². The lowest BCUT2D eigenvalue weighted by molar-refractivity contribution is 0.141. The van der Waals surface area contributed by atoms with Crippen molar-refractivity contribution in [3.05, 3.63) is 28.5 Å². The van der Waals surface area contributed by atoms with Gasteiger partial charge in [0.1, 0.15) is 0 Å². The van der Waals surface area contributed by atoms with Crippen LogP contribution in [0.3, 0.4) is 0 Å². The molecule has 0 saturated heterocycles. The summed E-state index contributed by atoms with van der Waals surface area (Å²) in [4.78, 5) is 4.34. The summed E-state index contributed by atoms with van der Waals surface area (Å²) in [6, 6.07) is 3.85. The number of rotatable bonds is 3. The number of pyridine rings is 1. The van der Waals surface area contributed by atoms with Crippen molar-refractivity contribution in [3.63, 3.8) is 0 Å². The highest BCUT2D eigenvalue weighted by atomic mass is 79.9. The molecule has 90 valence electrons. The topological polar surface area (TPSA) is 45.1 Å². The molecule has 1 aromatic heterocycles. The molecule has 4 heteroatoms. The minimum atomic E-state index is -0.515. The number of nitrogens with one attached hydrogen (secondary N) is 1. The van der Waals surface area contributed by atoms with E-state index in [1.807, 2.05) is 19.1 Å². The SMILES string of the molecule is CC(C)(C)NC(C)(CO)c1ccc(Br)cn1. The minimum absolute atomic E-state index is 0.0128. The molecule has 0 aliphatic carbocycles. The number of aliphatic hydroxyl groups excluding tert-OH is 1. The predicted molar refractivity (Wildman–Crippen MR) is 69.3 cm³/mol. The molecule has 2 N–H and O–H groups in total. The van der Waals surface area contributed by atoms with Gasteiger partial charge in [0.05, 0.1) is 17.8 Å². The maximum absolute atomic E-state index is 9.56. The molecule has 1 atom stereocenters. The molecule has 0 bridgehead atoms. The average Bonchev–Trinajstić information content (AvgIpc) is 2.16. The first-order valence-electron chi connectivity index (χ1n) is 5.29. The van der Waals surface area contributed by atoms with Crippen LogP contribution in [0.5, 0.6) is 0 Å². The second-order valence-electron chi connectivity index (χ2n) is 5.23. The standard InChI is InChI=1S/C12H19BrN2O/c1-11(2,3)15-12(4,8-16)10-6-5-9(13)7-14-10/h5-7,15-16H,8H2,1-4H3. The van der Waals surface area contributed by atoms with Crippen LogP contribution in [0.25, 0.3) is 0 Å². The summed E-state index contributed by atoms with van der Waals surface area (Å²) < 4.78 is 0.937. The van der Waals surface area contributed by atoms with Gasteiger partial charge in [-0.05, 0) is 55.8 Å². The van der Waals surface area contributed by atoms with Crippen LogP contribution in [-0.4, -0.2) is 22.2 Å². The smallest absolute Gasteiger partial charge is 0.0817 e. The zero-order valence-electron chi connectivity index (χ0n) is 10.2. The van der Waals surface area contributed by atoms with Crippen LogP contribution >= 0.6 is 15.9 Å². The van der Waals surface area contributed by atoms with Crippen molar-refractivity contribution in [2.24, 2.45) is 0 Å². The fraction of sp³-hybridized carbons (Fsp3) is 0.583. The average molecular weight is 287 g/mol. The second kappa shape index (κ2) is 4.82. The largest absolute Gasteiger partial charge is 0.394 e. The van der Waals surface area contributed by atoms with Gasteiger partial charge in [-0.25, -0.2) is 0 Å². The third-order valence-electron chi connectivity index (χ3n) is 2.26. The predicted octanol–water partition coefficient (Wildman–Crippen LogP) is 2.44. The van der Waals surface area contributed by atoms with Crippen molar-refractivity contribution in [3.8, 4) is 0 Å². The van der Waals surface area contributed by atoms with Gasteiger partial charge in [0.15, 0.2) is 0 Å². The van der Waals surface area contributed by atoms with Crippen LogP contribution in [0.1, 0.15) is 33.4 Å². The number of aromatic nitrogens is 1. The Labute approximate surface area is 105 Å². The van der Waals surface area contributed by atoms with Crippen molar-refractivity contribution < 1.29 is 5.11 Å². The molecule has 0 aliphatic rings. The molecule has 3 nitrogen and oxygen atoms in total. The molecule has 16 heavy (non-hydrogen) atoms. The molecule has 0 saturated carbocycles. The molecule has 0 fully saturated rings. The maximum atomic E-state index is 9.56. The van der Waals surface area contributed by atoms with E-state index in [0.29, 0.717) is 0 Å². The van der Waals surface area contributed by atoms with E-state index in [-0.39, 0.29) is 12.1 Å². The van der Waals surface area contributed by atoms with Crippen molar-refractivity contribution in [2.75, 3.05) is 6.61 Å². The third-order valence-corrected chi connectivity index (χ3v) is 2.73. The summed E-state index contributed by atoms with van der Waals surface area (Å²) in [6.07, 6.45) is 1.74. The Balaban J connectivity index is 3.00. The zero-order valence-corrected chi connectivity index (χ0v) is 11.8. The number of hydrogen-bond donors (Lipinski definition) is 2. The Morgan fingerprint density at radius 1 is 1.31 bits per heavy atom. The molecule has 0 aromatic carbocycles. The Hall–Kier alpha value is -0.450. The molecule has 0 spiro atoms. The minimum Gasteiger partial charge on any atom is -0.394 e. The van der Waals surface area contributed by atoms with Crippen LogP contribution in [0, 0.1) is 0 Å². The monoisotopic (exact) mass is 286 g/mol. The lowest BCUT2D eigenvalue weighted by Crippen LogP contribution is -2.52. The van der Waals surface area contributed by atoms with E-state index in [1.54, 1.807) is 6.20 Å². The van der Waals surface area contributed by atoms with E-state index in [2.05, 4.69) is 47.0 Å². The molecule has 0 aliphatic heterocycles. The van der Waals surface area contributed by atoms with Gasteiger partial charge in [-0.15, -0.1) is 0 Å². The van der Waals surface area contributed by atoms with Crippen molar-refractivity contribution in [1.82, 2.24) is 10.3 Å². The number of halogens is 1. The molecule has 1 heterocycles. The second-order valence-corrected chi connectivity index (χ2v) is 6.14. The number of aliphatic hydroxyl groups is 1. The van der Waals surface area contributed by atoms with Crippen molar-refractivity contribution in [1.29, 1.82) is 0 Å². The van der Waals surface area contributed by atoms with Crippen LogP contribution in [-0.2, 0) is 5.54 Å². The van der Waals surface area contributed by atoms with E-state index < -0.39 is 5.54 Å². The molecule has 1 rings (SSSR count). The summed E-state index contributed by atoms with van der Waals surface area (Å²) in [7, 11) is 0. The molecule has 1 aromatic rings. The number of nitrogens with zero attached hydrogens (tertiary/aromatic N) is 1. The van der Waals surface area contributed by atoms with Gasteiger partial charge in [0, 0.05) is 16.2 Å². The summed E-state index contributed by atoms with van der Waals surface area (Å²) in [6.45, 7) is 8.17. The van der Waals surface area contributed by atoms with Crippen LogP contribution in [0.2, 0.25) is 0 Å². The highest BCUT2D eigenvalue weighted by Gasteiger charge is 2.31. The van der Waals surface area contributed by atoms with Gasteiger partial charge in [-0.1, -0.05) is 0 Å². The van der Waals surface area contributed by atoms with Crippen molar-refractivity contribution in [2.45, 2.75) is 38.8 Å². The normalized spacial score (nSPS) is 15.9. The van der Waals surface area contributed by atoms with Gasteiger partial charge in [0.25, 0.3) is 0 Å². The van der Waals surface area contributed by atoms with Gasteiger partial charge in [-0.2, -0.15) is 0 Å². The fourth-order valence-corrected chi connectivity index (χ4v) is 1.95. The van der Waals surface area contributed by atoms with Crippen molar-refractivity contribution >= 4 is 15.9 Å². The van der Waals surface area contributed by atoms with Gasteiger partial charge >= 0.3 is 0 Å². The molecular formula is C12H19BrN2O. The molecular weight excluding hydrogens is 268 g/mol. The Kier molecular flexibility index (Phi) is 4.10. The van der Waals surface area contributed by atoms with E-state index in [9.17, 15) is 5.11 Å². The van der Waals surface area contributed by atoms with E-state index in [0.717, 1.165) is 10.2 Å². The lowest BCUT2D eigenvalue weighted by atomic mass is 9.93. The van der Waals surface area contributed by atoms with Crippen LogP contribution in [0.15, 0.2) is 22.8 Å². The first kappa shape index (κ1) is 13.6. The first-order chi connectivity index (χ1) is 7.27. The highest BCUT2D eigenvalue weighted by molar-refractivity contribution is 9.10. The first-order valence-corrected chi connectivity index (χ1v) is 6.08. The quantitative estimate of drug-likeness (QED) is 0.897. The number of hydrogen-bond acceptors (Lipinski definition) is 3. The fourth-order valence-electron chi connectivity index (χ4n) is 1.71. The summed E-state index contributed by atoms with van der Waals surface area (Å²) in [5, 5.41) is 12.9. The Morgan fingerprint density at radius 2 is 1.94 bits per heavy atom. The molecule has 1 unspecified atom stereocenters. The Bertz CT molecular complexity index is 345. The maximum Gasteiger partial charge on any atom is 0.0817 e. The summed E-state index contributed by atoms with van der Waals surface area (Å²) in [5.74, 6) is 0. The van der Waals surface area contributed by atoms with Gasteiger partial charge in [0.2, 0.25) is 0 Å².